The van der Waals surface area contributed by atoms with Gasteiger partial charge in [0, 0.05) is 15.5 Å². The maximum Gasteiger partial charge on any atom is 0.145 e. The lowest BCUT2D eigenvalue weighted by Crippen LogP contribution is -2.03. The van der Waals surface area contributed by atoms with Gasteiger partial charge in [-0.1, -0.05) is 27.5 Å². The van der Waals surface area contributed by atoms with Crippen LogP contribution in [0.1, 0.15) is 19.9 Å². The Morgan fingerprint density at radius 1 is 1.19 bits per heavy atom. The minimum absolute atomic E-state index is 0.210. The number of nitrogens with zero attached hydrogens (tertiary/aromatic N) is 2. The van der Waals surface area contributed by atoms with Gasteiger partial charge < -0.3 is 9.67 Å². The van der Waals surface area contributed by atoms with Gasteiger partial charge in [-0.2, -0.15) is 0 Å². The Morgan fingerprint density at radius 3 is 2.67 bits per heavy atom. The van der Waals surface area contributed by atoms with E-state index in [1.165, 1.54) is 0 Å². The van der Waals surface area contributed by atoms with Crippen LogP contribution in [0.3, 0.4) is 0 Å². The average Bonchev–Trinajstić information content (AvgIpc) is 2.79. The molecule has 3 rings (SSSR count). The van der Waals surface area contributed by atoms with E-state index < -0.39 is 0 Å². The maximum absolute atomic E-state index is 10.2. The van der Waals surface area contributed by atoms with Gasteiger partial charge in [-0.15, -0.1) is 0 Å². The van der Waals surface area contributed by atoms with Gasteiger partial charge in [0.1, 0.15) is 11.6 Å². The lowest BCUT2D eigenvalue weighted by atomic mass is 10.2. The van der Waals surface area contributed by atoms with Crippen molar-refractivity contribution in [2.75, 3.05) is 0 Å². The third kappa shape index (κ3) is 2.54. The Hall–Kier alpha value is -1.52. The van der Waals surface area contributed by atoms with Crippen molar-refractivity contribution in [2.24, 2.45) is 0 Å². The summed E-state index contributed by atoms with van der Waals surface area (Å²) < 4.78 is 3.00. The molecule has 0 fully saturated rings. The van der Waals surface area contributed by atoms with Crippen molar-refractivity contribution < 1.29 is 5.11 Å². The minimum atomic E-state index is 0.210. The van der Waals surface area contributed by atoms with Crippen LogP contribution in [-0.4, -0.2) is 14.7 Å². The molecular weight excluding hydrogens is 352 g/mol. The SMILES string of the molecule is CC(C)n1c(-c2cc(Br)ccc2O)nc2cc(Cl)ccc21. The van der Waals surface area contributed by atoms with Crippen LogP contribution in [-0.2, 0) is 0 Å². The number of aromatic hydroxyl groups is 1. The molecule has 0 aliphatic carbocycles. The van der Waals surface area contributed by atoms with Crippen molar-refractivity contribution in [3.63, 3.8) is 0 Å². The van der Waals surface area contributed by atoms with Gasteiger partial charge in [0.2, 0.25) is 0 Å². The minimum Gasteiger partial charge on any atom is -0.507 e. The largest absolute Gasteiger partial charge is 0.507 e. The highest BCUT2D eigenvalue weighted by Gasteiger charge is 2.17. The molecule has 5 heteroatoms. The van der Waals surface area contributed by atoms with Crippen LogP contribution >= 0.6 is 27.5 Å². The second-order valence-corrected chi connectivity index (χ2v) is 6.55. The molecule has 3 nitrogen and oxygen atoms in total. The second kappa shape index (κ2) is 5.35. The lowest BCUT2D eigenvalue weighted by molar-refractivity contribution is 0.476. The van der Waals surface area contributed by atoms with Crippen LogP contribution in [0.5, 0.6) is 5.75 Å². The first-order valence-corrected chi connectivity index (χ1v) is 7.81. The molecule has 1 heterocycles. The highest BCUT2D eigenvalue weighted by atomic mass is 79.9. The summed E-state index contributed by atoms with van der Waals surface area (Å²) in [5, 5.41) is 10.8. The van der Waals surface area contributed by atoms with E-state index in [1.807, 2.05) is 24.3 Å². The molecule has 0 spiro atoms. The number of halogens is 2. The predicted molar refractivity (Wildman–Crippen MR) is 89.9 cm³/mol. The van der Waals surface area contributed by atoms with Crippen LogP contribution < -0.4 is 0 Å². The monoisotopic (exact) mass is 364 g/mol. The summed E-state index contributed by atoms with van der Waals surface area (Å²) >= 11 is 9.50. The van der Waals surface area contributed by atoms with E-state index in [0.717, 1.165) is 21.3 Å². The molecule has 0 aliphatic rings. The topological polar surface area (TPSA) is 38.0 Å². The van der Waals surface area contributed by atoms with Gasteiger partial charge in [0.05, 0.1) is 16.6 Å². The number of hydrogen-bond acceptors (Lipinski definition) is 2. The molecule has 0 radical (unpaired) electrons. The fraction of sp³-hybridized carbons (Fsp3) is 0.188. The molecule has 1 aromatic heterocycles. The van der Waals surface area contributed by atoms with Gasteiger partial charge >= 0.3 is 0 Å². The summed E-state index contributed by atoms with van der Waals surface area (Å²) in [7, 11) is 0. The molecule has 0 saturated carbocycles. The quantitative estimate of drug-likeness (QED) is 0.659. The number of phenols is 1. The summed E-state index contributed by atoms with van der Waals surface area (Å²) in [5.41, 5.74) is 2.53. The van der Waals surface area contributed by atoms with Gasteiger partial charge in [0.15, 0.2) is 0 Å². The van der Waals surface area contributed by atoms with Crippen LogP contribution in [0.25, 0.3) is 22.4 Å². The number of aromatic nitrogens is 2. The van der Waals surface area contributed by atoms with E-state index in [0.29, 0.717) is 10.6 Å². The zero-order chi connectivity index (χ0) is 15.1. The lowest BCUT2D eigenvalue weighted by Gasteiger charge is -2.14. The van der Waals surface area contributed by atoms with Gasteiger partial charge in [-0.05, 0) is 50.2 Å². The average molecular weight is 366 g/mol. The Morgan fingerprint density at radius 2 is 1.95 bits per heavy atom. The summed E-state index contributed by atoms with van der Waals surface area (Å²) in [5.74, 6) is 0.947. The van der Waals surface area contributed by atoms with Crippen molar-refractivity contribution in [2.45, 2.75) is 19.9 Å². The first-order chi connectivity index (χ1) is 9.97. The third-order valence-electron chi connectivity index (χ3n) is 3.37. The fourth-order valence-corrected chi connectivity index (χ4v) is 3.00. The van der Waals surface area contributed by atoms with Crippen LogP contribution in [0, 0.1) is 0 Å². The molecule has 0 amide bonds. The molecule has 108 valence electrons. The van der Waals surface area contributed by atoms with Gasteiger partial charge in [-0.25, -0.2) is 4.98 Å². The Kier molecular flexibility index (Phi) is 3.68. The van der Waals surface area contributed by atoms with Crippen molar-refractivity contribution in [3.8, 4) is 17.1 Å². The molecular formula is C16H14BrClN2O. The number of rotatable bonds is 2. The van der Waals surface area contributed by atoms with E-state index in [9.17, 15) is 5.11 Å². The number of benzene rings is 2. The predicted octanol–water partition coefficient (Wildman–Crippen LogP) is 5.41. The third-order valence-corrected chi connectivity index (χ3v) is 4.10. The number of fused-ring (bicyclic) bond motifs is 1. The molecule has 0 unspecified atom stereocenters. The number of hydrogen-bond donors (Lipinski definition) is 1. The molecule has 21 heavy (non-hydrogen) atoms. The molecule has 2 aromatic carbocycles. The fourth-order valence-electron chi connectivity index (χ4n) is 2.47. The van der Waals surface area contributed by atoms with Crippen molar-refractivity contribution in [1.82, 2.24) is 9.55 Å². The van der Waals surface area contributed by atoms with Crippen molar-refractivity contribution >= 4 is 38.6 Å². The smallest absolute Gasteiger partial charge is 0.145 e. The van der Waals surface area contributed by atoms with Gasteiger partial charge in [0.25, 0.3) is 0 Å². The highest BCUT2D eigenvalue weighted by molar-refractivity contribution is 9.10. The highest BCUT2D eigenvalue weighted by Crippen LogP contribution is 2.35. The molecule has 1 N–H and O–H groups in total. The van der Waals surface area contributed by atoms with Gasteiger partial charge in [-0.3, -0.25) is 0 Å². The van der Waals surface area contributed by atoms with E-state index in [-0.39, 0.29) is 11.8 Å². The first kappa shape index (κ1) is 14.4. The van der Waals surface area contributed by atoms with Crippen LogP contribution in [0.15, 0.2) is 40.9 Å². The summed E-state index contributed by atoms with van der Waals surface area (Å²) in [6.45, 7) is 4.18. The summed E-state index contributed by atoms with van der Waals surface area (Å²) in [6.07, 6.45) is 0. The first-order valence-electron chi connectivity index (χ1n) is 6.63. The molecule has 0 atom stereocenters. The number of phenolic OH excluding ortho intramolecular Hbond substituents is 1. The maximum atomic E-state index is 10.2. The van der Waals surface area contributed by atoms with E-state index in [1.54, 1.807) is 12.1 Å². The van der Waals surface area contributed by atoms with Crippen molar-refractivity contribution in [1.29, 1.82) is 0 Å². The van der Waals surface area contributed by atoms with Crippen LogP contribution in [0.2, 0.25) is 5.02 Å². The van der Waals surface area contributed by atoms with Crippen molar-refractivity contribution in [3.05, 3.63) is 45.9 Å². The number of imidazole rings is 1. The van der Waals surface area contributed by atoms with E-state index in [4.69, 9.17) is 11.6 Å². The second-order valence-electron chi connectivity index (χ2n) is 5.19. The molecule has 0 saturated heterocycles. The van der Waals surface area contributed by atoms with Crippen LogP contribution in [0.4, 0.5) is 0 Å². The molecule has 3 aromatic rings. The standard InChI is InChI=1S/C16H14BrClN2O/c1-9(2)20-14-5-4-11(18)8-13(14)19-16(20)12-7-10(17)3-6-15(12)21/h3-9,21H,1-2H3. The Bertz CT molecular complexity index is 827. The normalized spacial score (nSPS) is 11.5. The summed E-state index contributed by atoms with van der Waals surface area (Å²) in [4.78, 5) is 4.66. The Labute approximate surface area is 136 Å². The molecule has 0 bridgehead atoms. The Balaban J connectivity index is 2.36. The van der Waals surface area contributed by atoms with E-state index in [2.05, 4.69) is 39.3 Å². The zero-order valence-corrected chi connectivity index (χ0v) is 14.0. The zero-order valence-electron chi connectivity index (χ0n) is 11.6. The van der Waals surface area contributed by atoms with E-state index >= 15 is 0 Å². The molecule has 0 aliphatic heterocycles. The summed E-state index contributed by atoms with van der Waals surface area (Å²) in [6, 6.07) is 11.2.